The van der Waals surface area contributed by atoms with Gasteiger partial charge in [0, 0.05) is 25.1 Å². The summed E-state index contributed by atoms with van der Waals surface area (Å²) in [4.78, 5) is 36.3. The standard InChI is InChI=1S/C18H20N2O4S2/c1-20-17(24)14(26-18(20)25)11-12-6-8-13(9-7-12)16(23)19-10-4-2-3-5-15(21)22/h6-9,11H,2-5,10H2,1H3,(H,19,23)(H,21,22)/p-1/b14-11-. The number of hydrogen-bond donors (Lipinski definition) is 1. The topological polar surface area (TPSA) is 89.5 Å². The van der Waals surface area contributed by atoms with Crippen LogP contribution in [0.1, 0.15) is 41.6 Å². The van der Waals surface area contributed by atoms with Gasteiger partial charge in [0.1, 0.15) is 4.32 Å². The molecule has 1 aromatic rings. The zero-order chi connectivity index (χ0) is 19.1. The summed E-state index contributed by atoms with van der Waals surface area (Å²) in [6.45, 7) is 0.493. The van der Waals surface area contributed by atoms with Crippen LogP contribution in [0.15, 0.2) is 29.2 Å². The van der Waals surface area contributed by atoms with Gasteiger partial charge in [-0.2, -0.15) is 0 Å². The number of rotatable bonds is 8. The van der Waals surface area contributed by atoms with Crippen LogP contribution in [0.3, 0.4) is 0 Å². The van der Waals surface area contributed by atoms with Crippen LogP contribution >= 0.6 is 24.0 Å². The molecule has 0 saturated carbocycles. The fourth-order valence-electron chi connectivity index (χ4n) is 2.30. The Bertz CT molecular complexity index is 744. The van der Waals surface area contributed by atoms with E-state index in [4.69, 9.17) is 12.2 Å². The van der Waals surface area contributed by atoms with Gasteiger partial charge in [0.25, 0.3) is 11.8 Å². The molecule has 26 heavy (non-hydrogen) atoms. The number of carbonyl (C=O) groups excluding carboxylic acids is 3. The van der Waals surface area contributed by atoms with Crippen LogP contribution in [0, 0.1) is 0 Å². The van der Waals surface area contributed by atoms with E-state index < -0.39 is 5.97 Å². The molecule has 2 amide bonds. The highest BCUT2D eigenvalue weighted by Crippen LogP contribution is 2.31. The summed E-state index contributed by atoms with van der Waals surface area (Å²) >= 11 is 6.34. The van der Waals surface area contributed by atoms with Gasteiger partial charge in [0.15, 0.2) is 0 Å². The molecule has 0 radical (unpaired) electrons. The fourth-order valence-corrected chi connectivity index (χ4v) is 3.48. The molecule has 1 aromatic carbocycles. The molecule has 0 spiro atoms. The van der Waals surface area contributed by atoms with E-state index in [-0.39, 0.29) is 18.2 Å². The van der Waals surface area contributed by atoms with Crippen molar-refractivity contribution in [1.29, 1.82) is 0 Å². The lowest BCUT2D eigenvalue weighted by Gasteiger charge is -2.06. The van der Waals surface area contributed by atoms with E-state index in [9.17, 15) is 19.5 Å². The minimum Gasteiger partial charge on any atom is -0.550 e. The predicted octanol–water partition coefficient (Wildman–Crippen LogP) is 1.56. The number of amides is 2. The quantitative estimate of drug-likeness (QED) is 0.411. The maximum absolute atomic E-state index is 12.1. The van der Waals surface area contributed by atoms with Gasteiger partial charge in [-0.25, -0.2) is 0 Å². The molecule has 1 aliphatic rings. The first-order valence-corrected chi connectivity index (χ1v) is 9.40. The van der Waals surface area contributed by atoms with Crippen LogP contribution in [0.5, 0.6) is 0 Å². The molecule has 138 valence electrons. The average Bonchev–Trinajstić information content (AvgIpc) is 2.85. The first kappa shape index (κ1) is 20.1. The number of carbonyl (C=O) groups is 3. The van der Waals surface area contributed by atoms with Gasteiger partial charge in [0.2, 0.25) is 0 Å². The summed E-state index contributed by atoms with van der Waals surface area (Å²) < 4.78 is 0.525. The van der Waals surface area contributed by atoms with Gasteiger partial charge in [-0.15, -0.1) is 0 Å². The number of unbranched alkanes of at least 4 members (excludes halogenated alkanes) is 2. The van der Waals surface area contributed by atoms with E-state index in [1.807, 2.05) is 0 Å². The highest BCUT2D eigenvalue weighted by Gasteiger charge is 2.28. The average molecular weight is 391 g/mol. The lowest BCUT2D eigenvalue weighted by Crippen LogP contribution is -2.24. The molecule has 2 rings (SSSR count). The van der Waals surface area contributed by atoms with E-state index in [1.54, 1.807) is 37.4 Å². The molecular weight excluding hydrogens is 372 g/mol. The second-order valence-electron chi connectivity index (χ2n) is 5.80. The first-order chi connectivity index (χ1) is 12.4. The van der Waals surface area contributed by atoms with Crippen molar-refractivity contribution >= 4 is 52.2 Å². The molecule has 0 atom stereocenters. The highest BCUT2D eigenvalue weighted by molar-refractivity contribution is 8.26. The van der Waals surface area contributed by atoms with Crippen molar-refractivity contribution in [2.45, 2.75) is 25.7 Å². The molecule has 0 aromatic heterocycles. The van der Waals surface area contributed by atoms with Gasteiger partial charge >= 0.3 is 0 Å². The number of nitrogens with one attached hydrogen (secondary N) is 1. The Morgan fingerprint density at radius 3 is 2.50 bits per heavy atom. The largest absolute Gasteiger partial charge is 0.550 e. The minimum absolute atomic E-state index is 0.0478. The SMILES string of the molecule is CN1C(=O)/C(=C/c2ccc(C(=O)NCCCCCC(=O)[O-])cc2)SC1=S. The van der Waals surface area contributed by atoms with Crippen LogP contribution in [-0.2, 0) is 9.59 Å². The van der Waals surface area contributed by atoms with Crippen molar-refractivity contribution in [2.24, 2.45) is 0 Å². The Hall–Kier alpha value is -2.19. The second kappa shape index (κ2) is 9.49. The normalized spacial score (nSPS) is 15.6. The third-order valence-electron chi connectivity index (χ3n) is 3.80. The van der Waals surface area contributed by atoms with Crippen LogP contribution in [0.2, 0.25) is 0 Å². The first-order valence-electron chi connectivity index (χ1n) is 8.18. The van der Waals surface area contributed by atoms with Crippen molar-refractivity contribution in [1.82, 2.24) is 10.2 Å². The summed E-state index contributed by atoms with van der Waals surface area (Å²) in [5, 5.41) is 13.1. The van der Waals surface area contributed by atoms with Crippen molar-refractivity contribution in [2.75, 3.05) is 13.6 Å². The van der Waals surface area contributed by atoms with Crippen molar-refractivity contribution in [3.8, 4) is 0 Å². The van der Waals surface area contributed by atoms with Crippen molar-refractivity contribution in [3.63, 3.8) is 0 Å². The Labute approximate surface area is 161 Å². The molecule has 1 heterocycles. The fraction of sp³-hybridized carbons (Fsp3) is 0.333. The lowest BCUT2D eigenvalue weighted by atomic mass is 10.1. The molecule has 0 bridgehead atoms. The van der Waals surface area contributed by atoms with E-state index in [1.165, 1.54) is 16.7 Å². The maximum atomic E-state index is 12.1. The van der Waals surface area contributed by atoms with Crippen LogP contribution in [0.4, 0.5) is 0 Å². The molecule has 1 aliphatic heterocycles. The van der Waals surface area contributed by atoms with Gasteiger partial charge in [0.05, 0.1) is 4.91 Å². The Morgan fingerprint density at radius 2 is 1.92 bits per heavy atom. The van der Waals surface area contributed by atoms with E-state index >= 15 is 0 Å². The third-order valence-corrected chi connectivity index (χ3v) is 5.29. The second-order valence-corrected chi connectivity index (χ2v) is 7.48. The number of thioether (sulfide) groups is 1. The third kappa shape index (κ3) is 5.67. The monoisotopic (exact) mass is 391 g/mol. The minimum atomic E-state index is -1.05. The van der Waals surface area contributed by atoms with Gasteiger partial charge in [-0.05, 0) is 43.0 Å². The summed E-state index contributed by atoms with van der Waals surface area (Å²) in [5.41, 5.74) is 1.35. The molecule has 1 fully saturated rings. The number of carboxylic acids is 1. The zero-order valence-electron chi connectivity index (χ0n) is 14.3. The molecule has 1 N–H and O–H groups in total. The number of nitrogens with zero attached hydrogens (tertiary/aromatic N) is 1. The lowest BCUT2D eigenvalue weighted by molar-refractivity contribution is -0.305. The molecule has 0 unspecified atom stereocenters. The van der Waals surface area contributed by atoms with Crippen LogP contribution in [-0.4, -0.2) is 40.6 Å². The number of hydrogen-bond acceptors (Lipinski definition) is 6. The zero-order valence-corrected chi connectivity index (χ0v) is 16.0. The Kier molecular flexibility index (Phi) is 7.35. The molecular formula is C18H19N2O4S2-. The molecule has 0 aliphatic carbocycles. The summed E-state index contributed by atoms with van der Waals surface area (Å²) in [6.07, 6.45) is 3.80. The molecule has 1 saturated heterocycles. The number of thiocarbonyl (C=S) groups is 1. The predicted molar refractivity (Wildman–Crippen MR) is 103 cm³/mol. The number of aliphatic carboxylic acids is 1. The number of likely N-dealkylation sites (N-methyl/N-ethyl adjacent to an activating group) is 1. The van der Waals surface area contributed by atoms with Crippen molar-refractivity contribution < 1.29 is 19.5 Å². The smallest absolute Gasteiger partial charge is 0.265 e. The van der Waals surface area contributed by atoms with Crippen LogP contribution in [0.25, 0.3) is 6.08 Å². The Balaban J connectivity index is 1.83. The maximum Gasteiger partial charge on any atom is 0.265 e. The highest BCUT2D eigenvalue weighted by atomic mass is 32.2. The van der Waals surface area contributed by atoms with E-state index in [2.05, 4.69) is 5.32 Å². The Morgan fingerprint density at radius 1 is 1.23 bits per heavy atom. The summed E-state index contributed by atoms with van der Waals surface area (Å²) in [6, 6.07) is 6.95. The van der Waals surface area contributed by atoms with Gasteiger partial charge < -0.3 is 15.2 Å². The van der Waals surface area contributed by atoms with Gasteiger partial charge in [-0.1, -0.05) is 42.5 Å². The van der Waals surface area contributed by atoms with E-state index in [0.717, 1.165) is 18.4 Å². The van der Waals surface area contributed by atoms with Crippen LogP contribution < -0.4 is 10.4 Å². The number of benzene rings is 1. The van der Waals surface area contributed by atoms with Gasteiger partial charge in [-0.3, -0.25) is 14.5 Å². The number of carboxylic acid groups (broad SMARTS) is 1. The van der Waals surface area contributed by atoms with Crippen molar-refractivity contribution in [3.05, 3.63) is 40.3 Å². The molecule has 8 heteroatoms. The summed E-state index contributed by atoms with van der Waals surface area (Å²) in [7, 11) is 1.64. The van der Waals surface area contributed by atoms with E-state index in [0.29, 0.717) is 27.8 Å². The molecule has 6 nitrogen and oxygen atoms in total. The summed E-state index contributed by atoms with van der Waals surface area (Å²) in [5.74, 6) is -1.35.